The SMILES string of the molecule is Cc1noc(C)c1COc1cccc(-c2cc(O)c(SCCc3ccccc3)c(=O)o2)c1. The average Bonchev–Trinajstić information content (AvgIpc) is 3.12. The first-order chi connectivity index (χ1) is 15.5. The minimum Gasteiger partial charge on any atom is -0.506 e. The molecule has 0 aliphatic heterocycles. The van der Waals surface area contributed by atoms with Crippen LogP contribution in [0.15, 0.2) is 79.3 Å². The van der Waals surface area contributed by atoms with Crippen molar-refractivity contribution in [1.82, 2.24) is 5.16 Å². The summed E-state index contributed by atoms with van der Waals surface area (Å²) < 4.78 is 16.5. The summed E-state index contributed by atoms with van der Waals surface area (Å²) in [5, 5.41) is 14.4. The van der Waals surface area contributed by atoms with Crippen molar-refractivity contribution in [2.75, 3.05) is 5.75 Å². The predicted molar refractivity (Wildman–Crippen MR) is 123 cm³/mol. The second-order valence-corrected chi connectivity index (χ2v) is 8.42. The third-order valence-electron chi connectivity index (χ3n) is 5.05. The van der Waals surface area contributed by atoms with Gasteiger partial charge in [0.15, 0.2) is 0 Å². The molecule has 0 aliphatic carbocycles. The molecule has 0 saturated carbocycles. The van der Waals surface area contributed by atoms with Crippen molar-refractivity contribution in [2.45, 2.75) is 31.8 Å². The Morgan fingerprint density at radius 2 is 1.88 bits per heavy atom. The molecule has 2 aromatic heterocycles. The van der Waals surface area contributed by atoms with E-state index in [4.69, 9.17) is 13.7 Å². The van der Waals surface area contributed by atoms with Crippen LogP contribution in [0.4, 0.5) is 0 Å². The smallest absolute Gasteiger partial charge is 0.353 e. The van der Waals surface area contributed by atoms with Crippen LogP contribution in [0.25, 0.3) is 11.3 Å². The van der Waals surface area contributed by atoms with Crippen LogP contribution in [0, 0.1) is 13.8 Å². The third-order valence-corrected chi connectivity index (χ3v) is 6.12. The molecule has 0 unspecified atom stereocenters. The Morgan fingerprint density at radius 3 is 2.59 bits per heavy atom. The molecular weight excluding hydrogens is 426 g/mol. The van der Waals surface area contributed by atoms with Crippen LogP contribution >= 0.6 is 11.8 Å². The lowest BCUT2D eigenvalue weighted by molar-refractivity contribution is 0.301. The van der Waals surface area contributed by atoms with Crippen LogP contribution < -0.4 is 10.4 Å². The Bertz CT molecular complexity index is 1240. The molecule has 164 valence electrons. The molecule has 0 radical (unpaired) electrons. The number of benzene rings is 2. The zero-order valence-corrected chi connectivity index (χ0v) is 18.6. The highest BCUT2D eigenvalue weighted by atomic mass is 32.2. The summed E-state index contributed by atoms with van der Waals surface area (Å²) in [5.41, 5.74) is 2.94. The molecule has 0 bridgehead atoms. The summed E-state index contributed by atoms with van der Waals surface area (Å²) in [6, 6.07) is 18.6. The fourth-order valence-electron chi connectivity index (χ4n) is 3.26. The molecule has 0 fully saturated rings. The molecule has 0 saturated heterocycles. The summed E-state index contributed by atoms with van der Waals surface area (Å²) in [6.07, 6.45) is 0.788. The molecule has 0 spiro atoms. The number of aromatic hydroxyl groups is 1. The van der Waals surface area contributed by atoms with Gasteiger partial charge in [0, 0.05) is 17.4 Å². The Morgan fingerprint density at radius 1 is 1.06 bits per heavy atom. The van der Waals surface area contributed by atoms with Gasteiger partial charge in [-0.25, -0.2) is 4.79 Å². The van der Waals surface area contributed by atoms with E-state index in [1.165, 1.54) is 23.4 Å². The Balaban J connectivity index is 1.46. The molecule has 0 amide bonds. The van der Waals surface area contributed by atoms with Crippen LogP contribution in [-0.4, -0.2) is 16.0 Å². The minimum absolute atomic E-state index is 0.0867. The Hall–Kier alpha value is -3.45. The molecule has 0 aliphatic rings. The van der Waals surface area contributed by atoms with Crippen LogP contribution in [-0.2, 0) is 13.0 Å². The number of hydrogen-bond acceptors (Lipinski definition) is 7. The van der Waals surface area contributed by atoms with Crippen molar-refractivity contribution in [2.24, 2.45) is 0 Å². The molecule has 1 N–H and O–H groups in total. The lowest BCUT2D eigenvalue weighted by Crippen LogP contribution is -2.04. The van der Waals surface area contributed by atoms with E-state index in [-0.39, 0.29) is 16.4 Å². The number of aryl methyl sites for hydroxylation is 3. The highest BCUT2D eigenvalue weighted by Crippen LogP contribution is 2.31. The van der Waals surface area contributed by atoms with Gasteiger partial charge in [0.25, 0.3) is 0 Å². The average molecular weight is 450 g/mol. The maximum atomic E-state index is 12.5. The molecule has 4 rings (SSSR count). The molecule has 0 atom stereocenters. The van der Waals surface area contributed by atoms with Crippen molar-refractivity contribution in [1.29, 1.82) is 0 Å². The van der Waals surface area contributed by atoms with Gasteiger partial charge in [-0.15, -0.1) is 11.8 Å². The summed E-state index contributed by atoms with van der Waals surface area (Å²) in [6.45, 7) is 4.02. The molecule has 32 heavy (non-hydrogen) atoms. The van der Waals surface area contributed by atoms with Gasteiger partial charge >= 0.3 is 5.63 Å². The van der Waals surface area contributed by atoms with Gasteiger partial charge in [-0.3, -0.25) is 0 Å². The van der Waals surface area contributed by atoms with Crippen molar-refractivity contribution in [3.63, 3.8) is 0 Å². The van der Waals surface area contributed by atoms with E-state index in [0.717, 1.165) is 23.4 Å². The first-order valence-electron chi connectivity index (χ1n) is 10.2. The van der Waals surface area contributed by atoms with Gasteiger partial charge < -0.3 is 18.8 Å². The molecule has 4 aromatic rings. The van der Waals surface area contributed by atoms with Crippen molar-refractivity contribution in [3.8, 4) is 22.8 Å². The zero-order valence-electron chi connectivity index (χ0n) is 17.8. The molecule has 2 aromatic carbocycles. The summed E-state index contributed by atoms with van der Waals surface area (Å²) in [4.78, 5) is 12.7. The van der Waals surface area contributed by atoms with Gasteiger partial charge in [0.1, 0.15) is 34.5 Å². The van der Waals surface area contributed by atoms with E-state index in [1.54, 1.807) is 18.2 Å². The fourth-order valence-corrected chi connectivity index (χ4v) is 4.17. The maximum absolute atomic E-state index is 12.5. The minimum atomic E-state index is -0.555. The Kier molecular flexibility index (Phi) is 6.66. The van der Waals surface area contributed by atoms with Gasteiger partial charge in [-0.2, -0.15) is 0 Å². The predicted octanol–water partition coefficient (Wildman–Crippen LogP) is 5.53. The van der Waals surface area contributed by atoms with Crippen molar-refractivity contribution >= 4 is 11.8 Å². The number of aromatic nitrogens is 1. The monoisotopic (exact) mass is 449 g/mol. The van der Waals surface area contributed by atoms with Crippen molar-refractivity contribution < 1.29 is 18.8 Å². The summed E-state index contributed by atoms with van der Waals surface area (Å²) >= 11 is 1.29. The molecule has 7 heteroatoms. The zero-order chi connectivity index (χ0) is 22.5. The van der Waals surface area contributed by atoms with Gasteiger partial charge in [-0.1, -0.05) is 47.6 Å². The highest BCUT2D eigenvalue weighted by molar-refractivity contribution is 7.99. The second kappa shape index (κ2) is 9.78. The number of nitrogens with zero attached hydrogens (tertiary/aromatic N) is 1. The molecule has 2 heterocycles. The highest BCUT2D eigenvalue weighted by Gasteiger charge is 2.14. The van der Waals surface area contributed by atoms with Gasteiger partial charge in [0.2, 0.25) is 0 Å². The lowest BCUT2D eigenvalue weighted by Gasteiger charge is -2.09. The van der Waals surface area contributed by atoms with Crippen LogP contribution in [0.3, 0.4) is 0 Å². The van der Waals surface area contributed by atoms with Crippen molar-refractivity contribution in [3.05, 3.63) is 93.7 Å². The van der Waals surface area contributed by atoms with E-state index < -0.39 is 5.63 Å². The number of thioether (sulfide) groups is 1. The number of hydrogen-bond donors (Lipinski definition) is 1. The molecule has 6 nitrogen and oxygen atoms in total. The normalized spacial score (nSPS) is 10.9. The standard InChI is InChI=1S/C25H23NO5S/c1-16-21(17(2)31-26-16)15-29-20-10-6-9-19(13-20)23-14-22(27)24(25(28)30-23)32-12-11-18-7-4-3-5-8-18/h3-10,13-14,27H,11-12,15H2,1-2H3. The number of ether oxygens (including phenoxy) is 1. The lowest BCUT2D eigenvalue weighted by atomic mass is 10.1. The maximum Gasteiger partial charge on any atom is 0.353 e. The van der Waals surface area contributed by atoms with E-state index in [1.807, 2.05) is 50.2 Å². The third kappa shape index (κ3) is 5.06. The Labute approximate surface area is 189 Å². The van der Waals surface area contributed by atoms with Gasteiger partial charge in [0.05, 0.1) is 11.3 Å². The fraction of sp³-hybridized carbons (Fsp3) is 0.200. The van der Waals surface area contributed by atoms with E-state index in [2.05, 4.69) is 5.16 Å². The van der Waals surface area contributed by atoms with Crippen LogP contribution in [0.2, 0.25) is 0 Å². The van der Waals surface area contributed by atoms with Crippen LogP contribution in [0.1, 0.15) is 22.6 Å². The second-order valence-electron chi connectivity index (χ2n) is 7.32. The number of rotatable bonds is 8. The molecular formula is C25H23NO5S. The summed E-state index contributed by atoms with van der Waals surface area (Å²) in [7, 11) is 0. The van der Waals surface area contributed by atoms with E-state index in [0.29, 0.717) is 23.7 Å². The van der Waals surface area contributed by atoms with Crippen LogP contribution in [0.5, 0.6) is 11.5 Å². The first kappa shape index (κ1) is 21.8. The summed E-state index contributed by atoms with van der Waals surface area (Å²) in [5.74, 6) is 2.17. The van der Waals surface area contributed by atoms with E-state index in [9.17, 15) is 9.90 Å². The quantitative estimate of drug-likeness (QED) is 0.354. The topological polar surface area (TPSA) is 85.7 Å². The van der Waals surface area contributed by atoms with E-state index >= 15 is 0 Å². The van der Waals surface area contributed by atoms with Gasteiger partial charge in [-0.05, 0) is 38.0 Å². The largest absolute Gasteiger partial charge is 0.506 e. The first-order valence-corrected chi connectivity index (χ1v) is 11.2.